The molecule has 212 valence electrons. The number of aromatic nitrogens is 2. The Morgan fingerprint density at radius 3 is 2.65 bits per heavy atom. The molecule has 0 radical (unpaired) electrons. The lowest BCUT2D eigenvalue weighted by Gasteiger charge is -2.36. The number of benzene rings is 2. The topological polar surface area (TPSA) is 103 Å². The highest BCUT2D eigenvalue weighted by molar-refractivity contribution is 6.34. The van der Waals surface area contributed by atoms with Gasteiger partial charge in [0.15, 0.2) is 17.4 Å². The minimum absolute atomic E-state index is 0.00170. The van der Waals surface area contributed by atoms with E-state index in [9.17, 15) is 18.4 Å². The van der Waals surface area contributed by atoms with Crippen molar-refractivity contribution in [3.05, 3.63) is 75.8 Å². The number of aromatic amines is 1. The van der Waals surface area contributed by atoms with Gasteiger partial charge in [-0.1, -0.05) is 17.7 Å². The van der Waals surface area contributed by atoms with E-state index in [-0.39, 0.29) is 34.5 Å². The number of carbonyl (C=O) groups excluding carboxylic acids is 2. The molecule has 40 heavy (non-hydrogen) atoms. The van der Waals surface area contributed by atoms with Gasteiger partial charge in [-0.15, -0.1) is 0 Å². The Hall–Kier alpha value is -3.54. The van der Waals surface area contributed by atoms with E-state index in [2.05, 4.69) is 25.5 Å². The monoisotopic (exact) mass is 572 g/mol. The molecule has 3 aromatic rings. The number of rotatable bonds is 8. The van der Waals surface area contributed by atoms with Gasteiger partial charge in [-0.25, -0.2) is 9.37 Å². The maximum Gasteiger partial charge on any atom is 0.291 e. The van der Waals surface area contributed by atoms with Crippen molar-refractivity contribution in [2.24, 2.45) is 5.92 Å². The zero-order valence-electron chi connectivity index (χ0n) is 22.1. The second kappa shape index (κ2) is 12.3. The molecule has 1 aromatic heterocycles. The summed E-state index contributed by atoms with van der Waals surface area (Å²) in [5.41, 5.74) is 1.28. The first kappa shape index (κ1) is 28.0. The van der Waals surface area contributed by atoms with E-state index < -0.39 is 17.5 Å². The molecule has 5 rings (SSSR count). The van der Waals surface area contributed by atoms with Crippen LogP contribution in [0, 0.1) is 17.6 Å². The number of carbonyl (C=O) groups is 2. The molecule has 2 aliphatic heterocycles. The highest BCUT2D eigenvalue weighted by atomic mass is 35.5. The van der Waals surface area contributed by atoms with E-state index in [1.807, 2.05) is 4.90 Å². The van der Waals surface area contributed by atoms with Gasteiger partial charge in [-0.05, 0) is 55.3 Å². The van der Waals surface area contributed by atoms with E-state index >= 15 is 0 Å². The number of halogens is 3. The van der Waals surface area contributed by atoms with Crippen LogP contribution < -0.4 is 15.4 Å². The Balaban J connectivity index is 1.16. The number of nitrogens with one attached hydrogen (secondary N) is 3. The second-order valence-electron chi connectivity index (χ2n) is 10.1. The van der Waals surface area contributed by atoms with Crippen molar-refractivity contribution in [2.75, 3.05) is 58.2 Å². The summed E-state index contributed by atoms with van der Waals surface area (Å²) in [4.78, 5) is 36.9. The van der Waals surface area contributed by atoms with E-state index in [0.717, 1.165) is 32.7 Å². The fourth-order valence-corrected chi connectivity index (χ4v) is 5.39. The molecule has 3 heterocycles. The fraction of sp³-hybridized carbons (Fsp3) is 0.393. The number of methoxy groups -OCH3 is 1. The normalized spacial score (nSPS) is 17.7. The third kappa shape index (κ3) is 6.27. The van der Waals surface area contributed by atoms with Gasteiger partial charge in [0.05, 0.1) is 17.7 Å². The van der Waals surface area contributed by atoms with Crippen molar-refractivity contribution in [1.29, 1.82) is 0 Å². The quantitative estimate of drug-likeness (QED) is 0.381. The Morgan fingerprint density at radius 1 is 1.15 bits per heavy atom. The van der Waals surface area contributed by atoms with E-state index in [0.29, 0.717) is 36.0 Å². The number of H-pyrrole nitrogens is 1. The summed E-state index contributed by atoms with van der Waals surface area (Å²) in [5.74, 6) is -2.30. The molecule has 1 atom stereocenters. The van der Waals surface area contributed by atoms with Crippen LogP contribution in [0.1, 0.15) is 38.7 Å². The summed E-state index contributed by atoms with van der Waals surface area (Å²) in [6, 6.07) is 7.49. The molecule has 0 bridgehead atoms. The van der Waals surface area contributed by atoms with Gasteiger partial charge >= 0.3 is 0 Å². The highest BCUT2D eigenvalue weighted by Gasteiger charge is 2.26. The van der Waals surface area contributed by atoms with Crippen molar-refractivity contribution in [3.8, 4) is 5.75 Å². The maximum absolute atomic E-state index is 14.3. The molecule has 3 N–H and O–H groups in total. The Kier molecular flexibility index (Phi) is 8.63. The smallest absolute Gasteiger partial charge is 0.291 e. The third-order valence-corrected chi connectivity index (χ3v) is 7.68. The van der Waals surface area contributed by atoms with Gasteiger partial charge in [0.2, 0.25) is 5.82 Å². The number of piperazine rings is 1. The van der Waals surface area contributed by atoms with Gasteiger partial charge < -0.3 is 25.3 Å². The molecule has 2 aromatic carbocycles. The molecule has 0 unspecified atom stereocenters. The molecule has 12 heteroatoms. The summed E-state index contributed by atoms with van der Waals surface area (Å²) in [7, 11) is 1.26. The van der Waals surface area contributed by atoms with Crippen LogP contribution in [0.4, 0.5) is 14.5 Å². The molecule has 9 nitrogen and oxygen atoms in total. The average molecular weight is 573 g/mol. The largest absolute Gasteiger partial charge is 0.494 e. The van der Waals surface area contributed by atoms with E-state index in [4.69, 9.17) is 16.3 Å². The molecule has 2 aliphatic rings. The maximum atomic E-state index is 14.3. The minimum Gasteiger partial charge on any atom is -0.494 e. The fourth-order valence-electron chi connectivity index (χ4n) is 5.13. The molecular weight excluding hydrogens is 542 g/mol. The zero-order valence-corrected chi connectivity index (χ0v) is 22.9. The number of anilines is 1. The summed E-state index contributed by atoms with van der Waals surface area (Å²) in [6.45, 7) is 6.14. The molecule has 2 fully saturated rings. The first-order chi connectivity index (χ1) is 19.3. The third-order valence-electron chi connectivity index (χ3n) is 7.37. The number of imidazole rings is 1. The lowest BCUT2D eigenvalue weighted by Crippen LogP contribution is -2.50. The summed E-state index contributed by atoms with van der Waals surface area (Å²) in [6.07, 6.45) is 2.58. The minimum atomic E-state index is -1.07. The van der Waals surface area contributed by atoms with Crippen molar-refractivity contribution in [3.63, 3.8) is 0 Å². The van der Waals surface area contributed by atoms with Gasteiger partial charge in [-0.2, -0.15) is 4.39 Å². The second-order valence-corrected chi connectivity index (χ2v) is 10.5. The van der Waals surface area contributed by atoms with Crippen LogP contribution in [0.3, 0.4) is 0 Å². The first-order valence-electron chi connectivity index (χ1n) is 13.2. The van der Waals surface area contributed by atoms with Crippen LogP contribution in [-0.4, -0.2) is 84.5 Å². The molecule has 2 saturated heterocycles. The number of ether oxygens (including phenoxy) is 1. The summed E-state index contributed by atoms with van der Waals surface area (Å²) < 4.78 is 33.1. The Bertz CT molecular complexity index is 1390. The SMILES string of the molecule is COc1ccc(Cc2cnc(C(=O)Nc3ccc(C(=O)N4CCN(C[C@H]5CCNC5)CC4)c(Cl)c3)[nH]2)c(F)c1F. The Labute approximate surface area is 235 Å². The number of nitrogens with zero attached hydrogens (tertiary/aromatic N) is 3. The van der Waals surface area contributed by atoms with Crippen LogP contribution in [-0.2, 0) is 6.42 Å². The predicted molar refractivity (Wildman–Crippen MR) is 147 cm³/mol. The zero-order chi connectivity index (χ0) is 28.2. The van der Waals surface area contributed by atoms with E-state index in [1.54, 1.807) is 12.1 Å². The molecular formula is C28H31ClF2N6O3. The van der Waals surface area contributed by atoms with Crippen molar-refractivity contribution in [2.45, 2.75) is 12.8 Å². The average Bonchev–Trinajstić information content (AvgIpc) is 3.64. The molecule has 0 spiro atoms. The standard InChI is InChI=1S/C28H31ClF2N6O3/c1-40-23-5-2-18(24(30)25(23)31)12-20-15-33-26(34-20)27(38)35-19-3-4-21(22(29)13-19)28(39)37-10-8-36(9-11-37)16-17-6-7-32-14-17/h2-5,13,15,17,32H,6-12,14,16H2,1H3,(H,33,34)(H,35,38)/t17-/m0/s1. The predicted octanol–water partition coefficient (Wildman–Crippen LogP) is 3.56. The number of amides is 2. The van der Waals surface area contributed by atoms with Crippen LogP contribution in [0.2, 0.25) is 5.02 Å². The lowest BCUT2D eigenvalue weighted by atomic mass is 10.1. The summed E-state index contributed by atoms with van der Waals surface area (Å²) in [5, 5.41) is 6.32. The summed E-state index contributed by atoms with van der Waals surface area (Å²) >= 11 is 6.44. The van der Waals surface area contributed by atoms with Crippen LogP contribution in [0.15, 0.2) is 36.5 Å². The first-order valence-corrected chi connectivity index (χ1v) is 13.6. The van der Waals surface area contributed by atoms with Gasteiger partial charge in [-0.3, -0.25) is 14.5 Å². The van der Waals surface area contributed by atoms with Gasteiger partial charge in [0, 0.05) is 56.7 Å². The van der Waals surface area contributed by atoms with Crippen LogP contribution in [0.5, 0.6) is 5.75 Å². The Morgan fingerprint density at radius 2 is 1.95 bits per heavy atom. The van der Waals surface area contributed by atoms with Gasteiger partial charge in [0.25, 0.3) is 11.8 Å². The lowest BCUT2D eigenvalue weighted by molar-refractivity contribution is 0.0620. The van der Waals surface area contributed by atoms with Crippen molar-refractivity contribution >= 4 is 29.1 Å². The van der Waals surface area contributed by atoms with Crippen LogP contribution in [0.25, 0.3) is 0 Å². The van der Waals surface area contributed by atoms with Crippen molar-refractivity contribution in [1.82, 2.24) is 25.1 Å². The van der Waals surface area contributed by atoms with Crippen LogP contribution >= 0.6 is 11.6 Å². The van der Waals surface area contributed by atoms with Gasteiger partial charge in [0.1, 0.15) is 0 Å². The number of hydrogen-bond acceptors (Lipinski definition) is 6. The molecule has 0 saturated carbocycles. The number of hydrogen-bond donors (Lipinski definition) is 3. The van der Waals surface area contributed by atoms with Crippen molar-refractivity contribution < 1.29 is 23.1 Å². The molecule has 2 amide bonds. The molecule has 0 aliphatic carbocycles. The highest BCUT2D eigenvalue weighted by Crippen LogP contribution is 2.25. The van der Waals surface area contributed by atoms with E-state index in [1.165, 1.54) is 37.9 Å².